The van der Waals surface area contributed by atoms with Crippen LogP contribution in [-0.2, 0) is 4.79 Å². The largest absolute Gasteiger partial charge is 0.305 e. The van der Waals surface area contributed by atoms with Crippen molar-refractivity contribution in [3.63, 3.8) is 0 Å². The summed E-state index contributed by atoms with van der Waals surface area (Å²) in [6, 6.07) is 0. The van der Waals surface area contributed by atoms with Crippen molar-refractivity contribution in [2.24, 2.45) is 5.92 Å². The summed E-state index contributed by atoms with van der Waals surface area (Å²) in [7, 11) is 0. The smallest absolute Gasteiger partial charge is 0.229 e. The molecule has 1 saturated carbocycles. The molecule has 0 aromatic carbocycles. The van der Waals surface area contributed by atoms with Gasteiger partial charge in [-0.3, -0.25) is 10.2 Å². The molecule has 1 amide bonds. The van der Waals surface area contributed by atoms with E-state index >= 15 is 0 Å². The molecule has 0 radical (unpaired) electrons. The molecule has 0 bridgehead atoms. The maximum absolute atomic E-state index is 11.1. The van der Waals surface area contributed by atoms with Gasteiger partial charge in [0.25, 0.3) is 0 Å². The van der Waals surface area contributed by atoms with E-state index < -0.39 is 0 Å². The number of carbonyl (C=O) groups excluding carboxylic acids is 1. The minimum absolute atomic E-state index is 0.0237. The summed E-state index contributed by atoms with van der Waals surface area (Å²) in [4.78, 5) is 11.1. The van der Waals surface area contributed by atoms with Crippen molar-refractivity contribution in [2.75, 3.05) is 6.26 Å². The highest BCUT2D eigenvalue weighted by molar-refractivity contribution is 8.13. The summed E-state index contributed by atoms with van der Waals surface area (Å²) in [5.41, 5.74) is 0. The van der Waals surface area contributed by atoms with Crippen molar-refractivity contribution in [3.8, 4) is 0 Å². The molecular weight excluding hydrogens is 160 g/mol. The van der Waals surface area contributed by atoms with Crippen molar-refractivity contribution >= 4 is 22.8 Å². The minimum Gasteiger partial charge on any atom is -0.305 e. The van der Waals surface area contributed by atoms with Crippen LogP contribution < -0.4 is 5.32 Å². The van der Waals surface area contributed by atoms with Crippen LogP contribution in [0.25, 0.3) is 0 Å². The fraction of sp³-hybridized carbons (Fsp3) is 0.714. The molecule has 0 saturated heterocycles. The minimum atomic E-state index is 0.0237. The standard InChI is InChI=1S/C7H12N2OS/c1-11-7(8)9-6(10)5-3-2-4-5/h5H,2-4H2,1H3,(H2,8,9,10). The van der Waals surface area contributed by atoms with Crippen LogP contribution in [0.15, 0.2) is 0 Å². The Morgan fingerprint density at radius 2 is 2.27 bits per heavy atom. The Morgan fingerprint density at radius 3 is 2.64 bits per heavy atom. The molecule has 0 spiro atoms. The summed E-state index contributed by atoms with van der Waals surface area (Å²) in [5.74, 6) is 0.207. The summed E-state index contributed by atoms with van der Waals surface area (Å²) >= 11 is 1.26. The Labute approximate surface area is 70.4 Å². The highest BCUT2D eigenvalue weighted by Gasteiger charge is 2.25. The number of amidine groups is 1. The van der Waals surface area contributed by atoms with Crippen molar-refractivity contribution < 1.29 is 4.79 Å². The summed E-state index contributed by atoms with van der Waals surface area (Å²) < 4.78 is 0. The van der Waals surface area contributed by atoms with Crippen molar-refractivity contribution in [1.82, 2.24) is 5.32 Å². The van der Waals surface area contributed by atoms with Gasteiger partial charge in [0, 0.05) is 5.92 Å². The van der Waals surface area contributed by atoms with Crippen LogP contribution in [0.3, 0.4) is 0 Å². The molecule has 62 valence electrons. The van der Waals surface area contributed by atoms with E-state index in [-0.39, 0.29) is 17.0 Å². The maximum atomic E-state index is 11.1. The zero-order chi connectivity index (χ0) is 8.27. The van der Waals surface area contributed by atoms with Gasteiger partial charge >= 0.3 is 0 Å². The van der Waals surface area contributed by atoms with Gasteiger partial charge in [0.15, 0.2) is 5.17 Å². The quantitative estimate of drug-likeness (QED) is 0.461. The Morgan fingerprint density at radius 1 is 1.64 bits per heavy atom. The normalized spacial score (nSPS) is 17.2. The Bertz CT molecular complexity index is 177. The van der Waals surface area contributed by atoms with E-state index in [0.29, 0.717) is 0 Å². The average molecular weight is 172 g/mol. The van der Waals surface area contributed by atoms with E-state index in [2.05, 4.69) is 5.32 Å². The second-order valence-electron chi connectivity index (χ2n) is 2.65. The van der Waals surface area contributed by atoms with Crippen LogP contribution in [0.1, 0.15) is 19.3 Å². The molecule has 4 heteroatoms. The van der Waals surface area contributed by atoms with Crippen LogP contribution in [0.4, 0.5) is 0 Å². The second kappa shape index (κ2) is 3.76. The molecule has 0 heterocycles. The number of rotatable bonds is 1. The molecule has 1 rings (SSSR count). The lowest BCUT2D eigenvalue weighted by atomic mass is 9.85. The number of thioether (sulfide) groups is 1. The summed E-state index contributed by atoms with van der Waals surface area (Å²) in [6.45, 7) is 0. The fourth-order valence-electron chi connectivity index (χ4n) is 0.935. The van der Waals surface area contributed by atoms with Gasteiger partial charge in [-0.25, -0.2) is 0 Å². The predicted molar refractivity (Wildman–Crippen MR) is 46.7 cm³/mol. The van der Waals surface area contributed by atoms with Crippen LogP contribution in [0.2, 0.25) is 0 Å². The number of hydrogen-bond donors (Lipinski definition) is 2. The van der Waals surface area contributed by atoms with E-state index in [9.17, 15) is 4.79 Å². The molecule has 1 aliphatic rings. The van der Waals surface area contributed by atoms with E-state index in [1.165, 1.54) is 11.8 Å². The monoisotopic (exact) mass is 172 g/mol. The third kappa shape index (κ3) is 2.22. The molecule has 0 atom stereocenters. The van der Waals surface area contributed by atoms with Gasteiger partial charge in [-0.05, 0) is 19.1 Å². The SMILES string of the molecule is CSC(=N)NC(=O)C1CCC1. The predicted octanol–water partition coefficient (Wildman–Crippen LogP) is 1.20. The van der Waals surface area contributed by atoms with Crippen molar-refractivity contribution in [2.45, 2.75) is 19.3 Å². The fourth-order valence-corrected chi connectivity index (χ4v) is 1.14. The van der Waals surface area contributed by atoms with E-state index in [4.69, 9.17) is 5.41 Å². The highest BCUT2D eigenvalue weighted by Crippen LogP contribution is 2.26. The zero-order valence-corrected chi connectivity index (χ0v) is 7.33. The van der Waals surface area contributed by atoms with Gasteiger partial charge in [0.2, 0.25) is 5.91 Å². The van der Waals surface area contributed by atoms with Gasteiger partial charge in [0.1, 0.15) is 0 Å². The molecule has 11 heavy (non-hydrogen) atoms. The number of amides is 1. The molecule has 0 unspecified atom stereocenters. The molecule has 1 fully saturated rings. The van der Waals surface area contributed by atoms with Crippen molar-refractivity contribution in [1.29, 1.82) is 5.41 Å². The maximum Gasteiger partial charge on any atom is 0.229 e. The Balaban J connectivity index is 2.25. The van der Waals surface area contributed by atoms with Gasteiger partial charge < -0.3 is 5.32 Å². The van der Waals surface area contributed by atoms with Crippen LogP contribution in [-0.4, -0.2) is 17.3 Å². The summed E-state index contributed by atoms with van der Waals surface area (Å²) in [6.07, 6.45) is 4.93. The topological polar surface area (TPSA) is 53.0 Å². The van der Waals surface area contributed by atoms with Gasteiger partial charge in [-0.2, -0.15) is 0 Å². The van der Waals surface area contributed by atoms with Crippen LogP contribution >= 0.6 is 11.8 Å². The zero-order valence-electron chi connectivity index (χ0n) is 6.52. The average Bonchev–Trinajstić information content (AvgIpc) is 1.83. The molecule has 0 aromatic rings. The van der Waals surface area contributed by atoms with Gasteiger partial charge in [-0.15, -0.1) is 0 Å². The molecular formula is C7H12N2OS. The van der Waals surface area contributed by atoms with Crippen LogP contribution in [0.5, 0.6) is 0 Å². The lowest BCUT2D eigenvalue weighted by molar-refractivity contribution is -0.125. The summed E-state index contributed by atoms with van der Waals surface area (Å²) in [5, 5.41) is 9.98. The molecule has 2 N–H and O–H groups in total. The molecule has 3 nitrogen and oxygen atoms in total. The first-order chi connectivity index (χ1) is 5.24. The first-order valence-corrected chi connectivity index (χ1v) is 4.90. The molecule has 0 aliphatic heterocycles. The first-order valence-electron chi connectivity index (χ1n) is 3.67. The number of nitrogens with one attached hydrogen (secondary N) is 2. The number of carbonyl (C=O) groups is 1. The Hall–Kier alpha value is -0.510. The number of hydrogen-bond acceptors (Lipinski definition) is 3. The highest BCUT2D eigenvalue weighted by atomic mass is 32.2. The first kappa shape index (κ1) is 8.59. The van der Waals surface area contributed by atoms with Crippen LogP contribution in [0, 0.1) is 11.3 Å². The van der Waals surface area contributed by atoms with E-state index in [1.807, 2.05) is 0 Å². The van der Waals surface area contributed by atoms with E-state index in [1.54, 1.807) is 6.26 Å². The van der Waals surface area contributed by atoms with Gasteiger partial charge in [-0.1, -0.05) is 18.2 Å². The lowest BCUT2D eigenvalue weighted by Gasteiger charge is -2.23. The van der Waals surface area contributed by atoms with E-state index in [0.717, 1.165) is 19.3 Å². The van der Waals surface area contributed by atoms with Gasteiger partial charge in [0.05, 0.1) is 0 Å². The third-order valence-corrected chi connectivity index (χ3v) is 2.43. The molecule has 0 aromatic heterocycles. The third-order valence-electron chi connectivity index (χ3n) is 1.92. The molecule has 1 aliphatic carbocycles. The van der Waals surface area contributed by atoms with Crippen molar-refractivity contribution in [3.05, 3.63) is 0 Å². The Kier molecular flexibility index (Phi) is 2.93. The second-order valence-corrected chi connectivity index (χ2v) is 3.47. The lowest BCUT2D eigenvalue weighted by Crippen LogP contribution is -2.36.